The number of nitrogens with zero attached hydrogens (tertiary/aromatic N) is 2. The second kappa shape index (κ2) is 23.1. The molecular formula is C40H60N2O4S. The largest absolute Gasteiger partial charge is 0.482 e. The van der Waals surface area contributed by atoms with Crippen LogP contribution in [0, 0.1) is 5.41 Å². The molecule has 0 radical (unpaired) electrons. The number of benzene rings is 3. The van der Waals surface area contributed by atoms with Crippen LogP contribution in [0.25, 0.3) is 0 Å². The summed E-state index contributed by atoms with van der Waals surface area (Å²) in [6.45, 7) is 19.6. The Morgan fingerprint density at radius 3 is 2.00 bits per heavy atom. The molecule has 4 rings (SSSR count). The molecule has 1 aliphatic rings. The highest BCUT2D eigenvalue weighted by atomic mass is 32.1. The Morgan fingerprint density at radius 2 is 1.51 bits per heavy atom. The lowest BCUT2D eigenvalue weighted by molar-refractivity contribution is -0.146. The first-order valence-corrected chi connectivity index (χ1v) is 17.7. The van der Waals surface area contributed by atoms with Crippen LogP contribution in [0.2, 0.25) is 0 Å². The summed E-state index contributed by atoms with van der Waals surface area (Å²) in [5.41, 5.74) is 6.18. The maximum Gasteiger partial charge on any atom is 0.344 e. The van der Waals surface area contributed by atoms with Gasteiger partial charge in [-0.1, -0.05) is 130 Å². The van der Waals surface area contributed by atoms with Crippen LogP contribution in [-0.2, 0) is 9.53 Å². The molecule has 0 aromatic heterocycles. The summed E-state index contributed by atoms with van der Waals surface area (Å²) in [7, 11) is 0. The minimum atomic E-state index is -0.449. The molecule has 0 amide bonds. The van der Waals surface area contributed by atoms with Crippen molar-refractivity contribution in [2.24, 2.45) is 10.5 Å². The van der Waals surface area contributed by atoms with Gasteiger partial charge in [-0.2, -0.15) is 17.7 Å². The topological polar surface area (TPSA) is 71.4 Å². The quantitative estimate of drug-likeness (QED) is 0.128. The second-order valence-electron chi connectivity index (χ2n) is 12.8. The Bertz CT molecular complexity index is 1270. The van der Waals surface area contributed by atoms with E-state index in [-0.39, 0.29) is 25.9 Å². The number of aliphatic hydroxyl groups is 1. The molecule has 0 spiro atoms. The molecule has 0 fully saturated rings. The molecule has 7 heteroatoms. The number of anilines is 1. The van der Waals surface area contributed by atoms with E-state index in [2.05, 4.69) is 109 Å². The van der Waals surface area contributed by atoms with Gasteiger partial charge in [0.15, 0.2) is 6.61 Å². The Morgan fingerprint density at radius 1 is 0.957 bits per heavy atom. The molecule has 1 atom stereocenters. The van der Waals surface area contributed by atoms with Gasteiger partial charge < -0.3 is 14.6 Å². The molecule has 0 saturated carbocycles. The number of ether oxygens (including phenoxy) is 2. The number of hydrogen-bond acceptors (Lipinski definition) is 7. The van der Waals surface area contributed by atoms with E-state index in [1.807, 2.05) is 49.4 Å². The summed E-state index contributed by atoms with van der Waals surface area (Å²) in [6, 6.07) is 26.7. The molecule has 1 aliphatic heterocycles. The maximum atomic E-state index is 11.8. The highest BCUT2D eigenvalue weighted by Crippen LogP contribution is 2.37. The van der Waals surface area contributed by atoms with Gasteiger partial charge in [0.25, 0.3) is 0 Å². The van der Waals surface area contributed by atoms with Gasteiger partial charge in [0.2, 0.25) is 0 Å². The molecule has 0 bridgehead atoms. The number of aliphatic hydroxyl groups excluding tert-OH is 1. The fraction of sp³-hybridized carbons (Fsp3) is 0.500. The summed E-state index contributed by atoms with van der Waals surface area (Å²) in [6.07, 6.45) is 3.73. The number of hydrazone groups is 1. The zero-order chi connectivity index (χ0) is 35.2. The van der Waals surface area contributed by atoms with Crippen molar-refractivity contribution in [3.8, 4) is 5.75 Å². The van der Waals surface area contributed by atoms with E-state index < -0.39 is 5.97 Å². The van der Waals surface area contributed by atoms with Crippen molar-refractivity contribution in [2.45, 2.75) is 100.0 Å². The number of hydrogen-bond donors (Lipinski definition) is 2. The highest BCUT2D eigenvalue weighted by Gasteiger charge is 2.30. The molecule has 0 saturated heterocycles. The third-order valence-corrected chi connectivity index (χ3v) is 7.09. The number of carbonyl (C=O) groups excluding carboxylic acids is 1. The average molecular weight is 665 g/mol. The van der Waals surface area contributed by atoms with E-state index in [1.165, 1.54) is 18.4 Å². The van der Waals surface area contributed by atoms with E-state index in [0.29, 0.717) is 23.5 Å². The summed E-state index contributed by atoms with van der Waals surface area (Å²) in [5, 5.41) is 15.9. The lowest BCUT2D eigenvalue weighted by Gasteiger charge is -2.24. The summed E-state index contributed by atoms with van der Waals surface area (Å²) >= 11 is 3.79. The van der Waals surface area contributed by atoms with E-state index in [4.69, 9.17) is 19.7 Å². The molecule has 260 valence electrons. The van der Waals surface area contributed by atoms with Gasteiger partial charge in [-0.3, -0.25) is 5.01 Å². The molecule has 1 unspecified atom stereocenters. The average Bonchev–Trinajstić information content (AvgIpc) is 3.51. The monoisotopic (exact) mass is 664 g/mol. The molecule has 3 aromatic rings. The van der Waals surface area contributed by atoms with Crippen LogP contribution in [0.4, 0.5) is 5.69 Å². The predicted octanol–water partition coefficient (Wildman–Crippen LogP) is 10.3. The van der Waals surface area contributed by atoms with Gasteiger partial charge in [-0.25, -0.2) is 4.79 Å². The van der Waals surface area contributed by atoms with Gasteiger partial charge in [0, 0.05) is 19.4 Å². The van der Waals surface area contributed by atoms with Gasteiger partial charge in [-0.15, -0.1) is 0 Å². The SMILES string of the molecule is CC(C)c1ccc(N2N=C(c3ccccc3)CC2c2ccc(OCC(=O)OCCCO)cc2)cc1.CCC.CCC(C)(C)C.CCS. The van der Waals surface area contributed by atoms with Crippen LogP contribution < -0.4 is 9.75 Å². The first-order chi connectivity index (χ1) is 22.4. The van der Waals surface area contributed by atoms with E-state index in [1.54, 1.807) is 0 Å². The second-order valence-corrected chi connectivity index (χ2v) is 13.4. The smallest absolute Gasteiger partial charge is 0.344 e. The van der Waals surface area contributed by atoms with E-state index in [9.17, 15) is 4.79 Å². The van der Waals surface area contributed by atoms with Gasteiger partial charge in [0.05, 0.1) is 24.0 Å². The minimum Gasteiger partial charge on any atom is -0.482 e. The van der Waals surface area contributed by atoms with Crippen LogP contribution in [0.1, 0.15) is 117 Å². The maximum absolute atomic E-state index is 11.8. The van der Waals surface area contributed by atoms with Crippen LogP contribution in [0.15, 0.2) is 84.0 Å². The lowest BCUT2D eigenvalue weighted by Crippen LogP contribution is -2.18. The van der Waals surface area contributed by atoms with Crippen LogP contribution in [0.5, 0.6) is 5.75 Å². The standard InChI is InChI=1S/C29H32N2O4.C6H14.C3H8.C2H6S/c1-21(2)22-9-13-25(14-10-22)31-28(19-27(30-31)23-7-4-3-5-8-23)24-11-15-26(16-12-24)35-20-29(33)34-18-6-17-32;1-5-6(2,3)4;1-3-2;1-2-3/h3-5,7-16,21,28,32H,6,17-20H2,1-2H3;5H2,1-4H3;3H2,1-2H3;3H,2H2,1H3. The van der Waals surface area contributed by atoms with Gasteiger partial charge in [0.1, 0.15) is 5.75 Å². The van der Waals surface area contributed by atoms with Gasteiger partial charge in [-0.05, 0) is 58.0 Å². The Balaban J connectivity index is 0.000000794. The van der Waals surface area contributed by atoms with Crippen LogP contribution >= 0.6 is 12.6 Å². The normalized spacial score (nSPS) is 13.7. The van der Waals surface area contributed by atoms with Crippen molar-refractivity contribution in [3.63, 3.8) is 0 Å². The minimum absolute atomic E-state index is 0.00858. The molecule has 1 heterocycles. The third kappa shape index (κ3) is 16.4. The molecule has 3 aromatic carbocycles. The van der Waals surface area contributed by atoms with E-state index >= 15 is 0 Å². The first kappa shape index (κ1) is 41.7. The number of esters is 1. The Kier molecular flexibility index (Phi) is 20.5. The predicted molar refractivity (Wildman–Crippen MR) is 203 cm³/mol. The zero-order valence-electron chi connectivity index (χ0n) is 30.3. The van der Waals surface area contributed by atoms with Crippen molar-refractivity contribution in [2.75, 3.05) is 30.6 Å². The summed E-state index contributed by atoms with van der Waals surface area (Å²) in [4.78, 5) is 11.8. The fourth-order valence-corrected chi connectivity index (χ4v) is 4.05. The third-order valence-electron chi connectivity index (χ3n) is 7.09. The fourth-order valence-electron chi connectivity index (χ4n) is 4.05. The molecule has 6 nitrogen and oxygen atoms in total. The van der Waals surface area contributed by atoms with Crippen LogP contribution in [0.3, 0.4) is 0 Å². The van der Waals surface area contributed by atoms with E-state index in [0.717, 1.165) is 34.7 Å². The molecular weight excluding hydrogens is 605 g/mol. The molecule has 1 N–H and O–H groups in total. The number of rotatable bonds is 10. The number of thiol groups is 1. The Hall–Kier alpha value is -3.29. The van der Waals surface area contributed by atoms with Crippen molar-refractivity contribution < 1.29 is 19.4 Å². The van der Waals surface area contributed by atoms with Crippen molar-refractivity contribution in [1.29, 1.82) is 0 Å². The molecule has 0 aliphatic carbocycles. The first-order valence-electron chi connectivity index (χ1n) is 17.1. The highest BCUT2D eigenvalue weighted by molar-refractivity contribution is 7.80. The summed E-state index contributed by atoms with van der Waals surface area (Å²) < 4.78 is 10.6. The van der Waals surface area contributed by atoms with Crippen LogP contribution in [-0.4, -0.2) is 42.4 Å². The Labute approximate surface area is 291 Å². The number of carbonyl (C=O) groups is 1. The van der Waals surface area contributed by atoms with Crippen molar-refractivity contribution in [3.05, 3.63) is 95.6 Å². The lowest BCUT2D eigenvalue weighted by atomic mass is 9.94. The molecule has 47 heavy (non-hydrogen) atoms. The van der Waals surface area contributed by atoms with Gasteiger partial charge >= 0.3 is 5.97 Å². The summed E-state index contributed by atoms with van der Waals surface area (Å²) in [5.74, 6) is 1.57. The van der Waals surface area contributed by atoms with Crippen molar-refractivity contribution >= 4 is 30.0 Å². The zero-order valence-corrected chi connectivity index (χ0v) is 31.2. The van der Waals surface area contributed by atoms with Crippen molar-refractivity contribution in [1.82, 2.24) is 0 Å².